The van der Waals surface area contributed by atoms with Crippen molar-refractivity contribution in [2.24, 2.45) is 5.92 Å². The second-order valence-electron chi connectivity index (χ2n) is 4.84. The first-order valence-electron chi connectivity index (χ1n) is 6.64. The summed E-state index contributed by atoms with van der Waals surface area (Å²) in [5.74, 6) is 1.60. The van der Waals surface area contributed by atoms with E-state index in [1.54, 1.807) is 0 Å². The first-order valence-corrected chi connectivity index (χ1v) is 6.64. The third kappa shape index (κ3) is 5.07. The lowest BCUT2D eigenvalue weighted by Gasteiger charge is -2.15. The molecule has 0 saturated carbocycles. The summed E-state index contributed by atoms with van der Waals surface area (Å²) in [6.45, 7) is 11.3. The predicted octanol–water partition coefficient (Wildman–Crippen LogP) is 3.11. The Morgan fingerprint density at radius 2 is 2.06 bits per heavy atom. The van der Waals surface area contributed by atoms with Gasteiger partial charge in [-0.15, -0.1) is 0 Å². The quantitative estimate of drug-likeness (QED) is 0.569. The Kier molecular flexibility index (Phi) is 6.76. The van der Waals surface area contributed by atoms with Crippen LogP contribution in [0, 0.1) is 12.8 Å². The fourth-order valence-corrected chi connectivity index (χ4v) is 1.74. The van der Waals surface area contributed by atoms with Crippen LogP contribution in [0.2, 0.25) is 0 Å². The van der Waals surface area contributed by atoms with Gasteiger partial charge in [0, 0.05) is 18.7 Å². The summed E-state index contributed by atoms with van der Waals surface area (Å²) in [6, 6.07) is 6.23. The highest BCUT2D eigenvalue weighted by molar-refractivity contribution is 5.40. The minimum atomic E-state index is 0.318. The van der Waals surface area contributed by atoms with Crippen LogP contribution in [0.1, 0.15) is 31.9 Å². The molecule has 1 rings (SSSR count). The molecule has 1 N–H and O–H groups in total. The highest BCUT2D eigenvalue weighted by atomic mass is 16.7. The Hall–Kier alpha value is -1.06. The molecule has 0 bridgehead atoms. The van der Waals surface area contributed by atoms with Crippen LogP contribution in [-0.2, 0) is 11.3 Å². The van der Waals surface area contributed by atoms with Gasteiger partial charge in [-0.2, -0.15) is 0 Å². The van der Waals surface area contributed by atoms with E-state index >= 15 is 0 Å². The van der Waals surface area contributed by atoms with Gasteiger partial charge in [0.15, 0.2) is 6.79 Å². The van der Waals surface area contributed by atoms with Gasteiger partial charge in [-0.25, -0.2) is 0 Å². The van der Waals surface area contributed by atoms with Crippen LogP contribution in [0.3, 0.4) is 0 Å². The van der Waals surface area contributed by atoms with E-state index in [0.29, 0.717) is 19.3 Å². The maximum Gasteiger partial charge on any atom is 0.189 e. The van der Waals surface area contributed by atoms with E-state index in [9.17, 15) is 0 Å². The normalized spacial score (nSPS) is 10.9. The molecular weight excluding hydrogens is 226 g/mol. The summed E-state index contributed by atoms with van der Waals surface area (Å²) in [5.41, 5.74) is 2.34. The summed E-state index contributed by atoms with van der Waals surface area (Å²) in [4.78, 5) is 0. The number of hydrogen-bond acceptors (Lipinski definition) is 3. The van der Waals surface area contributed by atoms with Crippen LogP contribution in [-0.4, -0.2) is 19.9 Å². The zero-order chi connectivity index (χ0) is 13.4. The molecule has 0 aliphatic heterocycles. The van der Waals surface area contributed by atoms with Gasteiger partial charge in [0.05, 0.1) is 0 Å². The lowest BCUT2D eigenvalue weighted by atomic mass is 10.1. The van der Waals surface area contributed by atoms with Crippen LogP contribution in [0.5, 0.6) is 5.75 Å². The van der Waals surface area contributed by atoms with E-state index in [1.807, 2.05) is 6.92 Å². The van der Waals surface area contributed by atoms with E-state index in [4.69, 9.17) is 9.47 Å². The Bertz CT molecular complexity index is 350. The fraction of sp³-hybridized carbons (Fsp3) is 0.600. The number of benzene rings is 1. The zero-order valence-electron chi connectivity index (χ0n) is 12.0. The Balaban J connectivity index is 2.61. The van der Waals surface area contributed by atoms with Gasteiger partial charge in [-0.05, 0) is 31.9 Å². The van der Waals surface area contributed by atoms with Gasteiger partial charge in [0.2, 0.25) is 0 Å². The molecule has 0 atom stereocenters. The van der Waals surface area contributed by atoms with Crippen molar-refractivity contribution >= 4 is 0 Å². The first-order chi connectivity index (χ1) is 8.65. The standard InChI is InChI=1S/C15H25NO2/c1-5-17-11-18-15-13(4)7-6-8-14(15)10-16-9-12(2)3/h6-8,12,16H,5,9-11H2,1-4H3. The Labute approximate surface area is 110 Å². The summed E-state index contributed by atoms with van der Waals surface area (Å²) < 4.78 is 11.0. The molecule has 0 spiro atoms. The number of hydrogen-bond donors (Lipinski definition) is 1. The van der Waals surface area contributed by atoms with Crippen molar-refractivity contribution in [1.29, 1.82) is 0 Å². The van der Waals surface area contributed by atoms with E-state index in [0.717, 1.165) is 24.4 Å². The summed E-state index contributed by atoms with van der Waals surface area (Å²) in [7, 11) is 0. The predicted molar refractivity (Wildman–Crippen MR) is 74.8 cm³/mol. The third-order valence-corrected chi connectivity index (χ3v) is 2.65. The lowest BCUT2D eigenvalue weighted by Crippen LogP contribution is -2.19. The molecule has 0 aliphatic carbocycles. The lowest BCUT2D eigenvalue weighted by molar-refractivity contribution is 0.0213. The van der Waals surface area contributed by atoms with E-state index in [1.165, 1.54) is 5.56 Å². The number of para-hydroxylation sites is 1. The van der Waals surface area contributed by atoms with Crippen molar-refractivity contribution in [2.45, 2.75) is 34.2 Å². The number of aryl methyl sites for hydroxylation is 1. The second kappa shape index (κ2) is 8.11. The van der Waals surface area contributed by atoms with Gasteiger partial charge in [-0.1, -0.05) is 32.0 Å². The van der Waals surface area contributed by atoms with E-state index in [2.05, 4.69) is 44.3 Å². The molecule has 3 heteroatoms. The highest BCUT2D eigenvalue weighted by Gasteiger charge is 2.07. The van der Waals surface area contributed by atoms with Crippen molar-refractivity contribution in [3.63, 3.8) is 0 Å². The molecule has 1 aromatic carbocycles. The average Bonchev–Trinajstić information content (AvgIpc) is 2.32. The fourth-order valence-electron chi connectivity index (χ4n) is 1.74. The van der Waals surface area contributed by atoms with Gasteiger partial charge in [0.25, 0.3) is 0 Å². The summed E-state index contributed by atoms with van der Waals surface area (Å²) >= 11 is 0. The van der Waals surface area contributed by atoms with Gasteiger partial charge >= 0.3 is 0 Å². The van der Waals surface area contributed by atoms with Crippen molar-refractivity contribution in [3.05, 3.63) is 29.3 Å². The van der Waals surface area contributed by atoms with E-state index < -0.39 is 0 Å². The average molecular weight is 251 g/mol. The van der Waals surface area contributed by atoms with Gasteiger partial charge in [-0.3, -0.25) is 0 Å². The van der Waals surface area contributed by atoms with Crippen molar-refractivity contribution in [1.82, 2.24) is 5.32 Å². The maximum atomic E-state index is 5.70. The SMILES string of the molecule is CCOCOc1c(C)cccc1CNCC(C)C. The smallest absolute Gasteiger partial charge is 0.189 e. The molecule has 0 aromatic heterocycles. The summed E-state index contributed by atoms with van der Waals surface area (Å²) in [6.07, 6.45) is 0. The molecule has 18 heavy (non-hydrogen) atoms. The van der Waals surface area contributed by atoms with Crippen LogP contribution < -0.4 is 10.1 Å². The van der Waals surface area contributed by atoms with Crippen molar-refractivity contribution < 1.29 is 9.47 Å². The second-order valence-corrected chi connectivity index (χ2v) is 4.84. The molecule has 1 aromatic rings. The molecule has 0 unspecified atom stereocenters. The zero-order valence-corrected chi connectivity index (χ0v) is 12.0. The molecule has 3 nitrogen and oxygen atoms in total. The molecular formula is C15H25NO2. The Morgan fingerprint density at radius 1 is 1.28 bits per heavy atom. The minimum Gasteiger partial charge on any atom is -0.467 e. The van der Waals surface area contributed by atoms with Crippen molar-refractivity contribution in [3.8, 4) is 5.75 Å². The van der Waals surface area contributed by atoms with Crippen LogP contribution in [0.25, 0.3) is 0 Å². The molecule has 0 aliphatic rings. The molecule has 0 saturated heterocycles. The first kappa shape index (κ1) is 15.0. The maximum absolute atomic E-state index is 5.70. The molecule has 102 valence electrons. The number of ether oxygens (including phenoxy) is 2. The topological polar surface area (TPSA) is 30.5 Å². The van der Waals surface area contributed by atoms with Crippen molar-refractivity contribution in [2.75, 3.05) is 19.9 Å². The minimum absolute atomic E-state index is 0.318. The molecule has 0 fully saturated rings. The van der Waals surface area contributed by atoms with Crippen LogP contribution in [0.15, 0.2) is 18.2 Å². The largest absolute Gasteiger partial charge is 0.467 e. The molecule has 0 amide bonds. The van der Waals surface area contributed by atoms with Gasteiger partial charge < -0.3 is 14.8 Å². The summed E-state index contributed by atoms with van der Waals surface area (Å²) in [5, 5.41) is 3.44. The van der Waals surface area contributed by atoms with Crippen LogP contribution >= 0.6 is 0 Å². The van der Waals surface area contributed by atoms with E-state index in [-0.39, 0.29) is 0 Å². The number of rotatable bonds is 8. The highest BCUT2D eigenvalue weighted by Crippen LogP contribution is 2.23. The Morgan fingerprint density at radius 3 is 2.72 bits per heavy atom. The third-order valence-electron chi connectivity index (χ3n) is 2.65. The monoisotopic (exact) mass is 251 g/mol. The molecule has 0 radical (unpaired) electrons. The molecule has 0 heterocycles. The van der Waals surface area contributed by atoms with Crippen LogP contribution in [0.4, 0.5) is 0 Å². The van der Waals surface area contributed by atoms with Gasteiger partial charge in [0.1, 0.15) is 5.75 Å². The number of nitrogens with one attached hydrogen (secondary N) is 1.